The molecule has 0 aromatic heterocycles. The van der Waals surface area contributed by atoms with Crippen LogP contribution in [0, 0.1) is 0 Å². The third-order valence-electron chi connectivity index (χ3n) is 7.23. The molecule has 0 rings (SSSR count). The average molecular weight is 541 g/mol. The first-order valence-electron chi connectivity index (χ1n) is 15.7. The Bertz CT molecular complexity index is 499. The van der Waals surface area contributed by atoms with Gasteiger partial charge in [-0.15, -0.1) is 0 Å². The molecule has 6 heteroatoms. The Morgan fingerprint density at radius 1 is 0.417 bits per heavy atom. The van der Waals surface area contributed by atoms with Gasteiger partial charge in [-0.3, -0.25) is 4.18 Å². The summed E-state index contributed by atoms with van der Waals surface area (Å²) < 4.78 is 35.1. The van der Waals surface area contributed by atoms with E-state index < -0.39 is 10.4 Å². The van der Waals surface area contributed by atoms with E-state index >= 15 is 0 Å². The van der Waals surface area contributed by atoms with E-state index in [1.54, 1.807) is 0 Å². The van der Waals surface area contributed by atoms with Gasteiger partial charge in [0, 0.05) is 0 Å². The zero-order chi connectivity index (χ0) is 25.7. The van der Waals surface area contributed by atoms with E-state index in [4.69, 9.17) is 0 Å². The van der Waals surface area contributed by atoms with Gasteiger partial charge >= 0.3 is 29.6 Å². The molecular formula is C30H61NaO4S. The normalized spacial score (nSPS) is 11.6. The Morgan fingerprint density at radius 3 is 0.806 bits per heavy atom. The van der Waals surface area contributed by atoms with Crippen LogP contribution in [0.2, 0.25) is 0 Å². The van der Waals surface area contributed by atoms with Crippen molar-refractivity contribution >= 4 is 10.4 Å². The fourth-order valence-corrected chi connectivity index (χ4v) is 5.25. The van der Waals surface area contributed by atoms with Crippen molar-refractivity contribution in [2.75, 3.05) is 6.61 Å². The van der Waals surface area contributed by atoms with Crippen molar-refractivity contribution in [2.45, 2.75) is 187 Å². The van der Waals surface area contributed by atoms with Gasteiger partial charge in [0.2, 0.25) is 10.4 Å². The molecule has 212 valence electrons. The van der Waals surface area contributed by atoms with E-state index in [-0.39, 0.29) is 36.2 Å². The minimum absolute atomic E-state index is 0. The maximum atomic E-state index is 10.3. The Balaban J connectivity index is 0. The quantitative estimate of drug-likeness (QED) is 0.0412. The minimum Gasteiger partial charge on any atom is -0.726 e. The van der Waals surface area contributed by atoms with Crippen molar-refractivity contribution in [3.8, 4) is 0 Å². The molecule has 0 aromatic carbocycles. The van der Waals surface area contributed by atoms with E-state index in [9.17, 15) is 13.0 Å². The largest absolute Gasteiger partial charge is 1.00 e. The summed E-state index contributed by atoms with van der Waals surface area (Å²) in [7, 11) is -4.50. The zero-order valence-corrected chi connectivity index (χ0v) is 27.4. The van der Waals surface area contributed by atoms with Gasteiger partial charge in [0.1, 0.15) is 0 Å². The molecule has 4 nitrogen and oxygen atoms in total. The van der Waals surface area contributed by atoms with Gasteiger partial charge < -0.3 is 4.55 Å². The van der Waals surface area contributed by atoms with Gasteiger partial charge in [0.15, 0.2) is 0 Å². The van der Waals surface area contributed by atoms with Crippen molar-refractivity contribution in [1.29, 1.82) is 0 Å². The predicted octanol–water partition coefficient (Wildman–Crippen LogP) is 7.41. The van der Waals surface area contributed by atoms with Crippen LogP contribution in [0.15, 0.2) is 0 Å². The summed E-state index contributed by atoms with van der Waals surface area (Å²) in [6, 6.07) is 0. The molecule has 0 aliphatic heterocycles. The molecule has 0 saturated carbocycles. The first-order chi connectivity index (χ1) is 17.1. The second-order valence-electron chi connectivity index (χ2n) is 10.8. The van der Waals surface area contributed by atoms with Crippen molar-refractivity contribution in [2.24, 2.45) is 0 Å². The molecule has 36 heavy (non-hydrogen) atoms. The van der Waals surface area contributed by atoms with Crippen LogP contribution < -0.4 is 29.6 Å². The summed E-state index contributed by atoms with van der Waals surface area (Å²) in [6.07, 6.45) is 38.0. The van der Waals surface area contributed by atoms with E-state index in [0.29, 0.717) is 6.42 Å². The van der Waals surface area contributed by atoms with Gasteiger partial charge in [-0.1, -0.05) is 180 Å². The fraction of sp³-hybridized carbons (Fsp3) is 1.00. The Kier molecular flexibility index (Phi) is 34.8. The van der Waals surface area contributed by atoms with Crippen LogP contribution in [0.5, 0.6) is 0 Å². The maximum Gasteiger partial charge on any atom is 1.00 e. The molecule has 0 atom stereocenters. The molecule has 0 aliphatic carbocycles. The number of unbranched alkanes of at least 4 members (excludes halogenated alkanes) is 27. The summed E-state index contributed by atoms with van der Waals surface area (Å²) in [5.74, 6) is 0. The van der Waals surface area contributed by atoms with Gasteiger partial charge in [0.25, 0.3) is 0 Å². The smallest absolute Gasteiger partial charge is 0.726 e. The van der Waals surface area contributed by atoms with Crippen LogP contribution >= 0.6 is 0 Å². The molecule has 0 bridgehead atoms. The van der Waals surface area contributed by atoms with Crippen molar-refractivity contribution in [3.63, 3.8) is 0 Å². The predicted molar refractivity (Wildman–Crippen MR) is 151 cm³/mol. The van der Waals surface area contributed by atoms with Crippen molar-refractivity contribution < 1.29 is 46.7 Å². The molecular weight excluding hydrogens is 479 g/mol. The molecule has 0 heterocycles. The molecule has 0 unspecified atom stereocenters. The third-order valence-corrected chi connectivity index (χ3v) is 7.68. The Hall–Kier alpha value is 0.870. The van der Waals surface area contributed by atoms with E-state index in [2.05, 4.69) is 11.1 Å². The summed E-state index contributed by atoms with van der Waals surface area (Å²) in [5.41, 5.74) is 0. The van der Waals surface area contributed by atoms with Crippen molar-refractivity contribution in [1.82, 2.24) is 0 Å². The van der Waals surface area contributed by atoms with Crippen LogP contribution in [0.1, 0.15) is 187 Å². The van der Waals surface area contributed by atoms with Crippen molar-refractivity contribution in [3.05, 3.63) is 0 Å². The summed E-state index contributed by atoms with van der Waals surface area (Å²) in [6.45, 7) is 2.32. The van der Waals surface area contributed by atoms with E-state index in [0.717, 1.165) is 12.8 Å². The average Bonchev–Trinajstić information content (AvgIpc) is 2.82. The van der Waals surface area contributed by atoms with Crippen LogP contribution in [-0.4, -0.2) is 19.6 Å². The SMILES string of the molecule is CCCCCCCCCCCCCCCCCCCCCCCCCCCCCCOS(=O)(=O)[O-].[Na+]. The van der Waals surface area contributed by atoms with Crippen LogP contribution in [-0.2, 0) is 14.6 Å². The third kappa shape index (κ3) is 37.0. The number of hydrogen-bond donors (Lipinski definition) is 0. The van der Waals surface area contributed by atoms with Crippen LogP contribution in [0.3, 0.4) is 0 Å². The Labute approximate surface area is 249 Å². The first kappa shape index (κ1) is 39.0. The monoisotopic (exact) mass is 540 g/mol. The van der Waals surface area contributed by atoms with Gasteiger partial charge in [-0.25, -0.2) is 8.42 Å². The fourth-order valence-electron chi connectivity index (χ4n) is 4.93. The summed E-state index contributed by atoms with van der Waals surface area (Å²) in [5, 5.41) is 0. The van der Waals surface area contributed by atoms with Gasteiger partial charge in [-0.2, -0.15) is 0 Å². The minimum atomic E-state index is -4.50. The second kappa shape index (κ2) is 32.1. The molecule has 0 spiro atoms. The first-order valence-corrected chi connectivity index (χ1v) is 17.0. The molecule has 0 N–H and O–H groups in total. The van der Waals surface area contributed by atoms with Crippen LogP contribution in [0.4, 0.5) is 0 Å². The number of rotatable bonds is 30. The summed E-state index contributed by atoms with van der Waals surface area (Å²) in [4.78, 5) is 0. The maximum absolute atomic E-state index is 10.3. The summed E-state index contributed by atoms with van der Waals surface area (Å²) >= 11 is 0. The molecule has 0 aliphatic rings. The molecule has 0 amide bonds. The topological polar surface area (TPSA) is 66.4 Å². The standard InChI is InChI=1S/C30H62O4S.Na/c1-2-3-4-5-6-7-8-9-10-11-12-13-14-15-16-17-18-19-20-21-22-23-24-25-26-27-28-29-30-34-35(31,32)33;/h2-30H2,1H3,(H,31,32,33);/q;+1/p-1. The zero-order valence-electron chi connectivity index (χ0n) is 24.5. The number of hydrogen-bond acceptors (Lipinski definition) is 4. The Morgan fingerprint density at radius 2 is 0.611 bits per heavy atom. The molecule has 0 radical (unpaired) electrons. The molecule has 0 saturated heterocycles. The molecule has 0 fully saturated rings. The second-order valence-corrected chi connectivity index (χ2v) is 11.8. The van der Waals surface area contributed by atoms with Crippen LogP contribution in [0.25, 0.3) is 0 Å². The van der Waals surface area contributed by atoms with E-state index in [1.165, 1.54) is 161 Å². The van der Waals surface area contributed by atoms with Gasteiger partial charge in [0.05, 0.1) is 6.61 Å². The molecule has 0 aromatic rings. The van der Waals surface area contributed by atoms with E-state index in [1.807, 2.05) is 0 Å². The van der Waals surface area contributed by atoms with Gasteiger partial charge in [-0.05, 0) is 6.42 Å².